The average Bonchev–Trinajstić information content (AvgIpc) is 2.50. The summed E-state index contributed by atoms with van der Waals surface area (Å²) >= 11 is 3.28. The monoisotopic (exact) mass is 479 g/mol. The van der Waals surface area contributed by atoms with Crippen molar-refractivity contribution < 1.29 is 22.7 Å². The van der Waals surface area contributed by atoms with Crippen LogP contribution in [0.1, 0.15) is 48.5 Å². The minimum absolute atomic E-state index is 0.0877. The van der Waals surface area contributed by atoms with Crippen LogP contribution in [-0.2, 0) is 14.8 Å². The van der Waals surface area contributed by atoms with Crippen LogP contribution in [0.3, 0.4) is 0 Å². The van der Waals surface area contributed by atoms with E-state index in [0.29, 0.717) is 4.47 Å². The van der Waals surface area contributed by atoms with Crippen LogP contribution in [0.2, 0.25) is 0 Å². The number of aromatic nitrogens is 1. The molecule has 0 spiro atoms. The molecule has 28 heavy (non-hydrogen) atoms. The third-order valence-corrected chi connectivity index (χ3v) is 5.69. The summed E-state index contributed by atoms with van der Waals surface area (Å²) in [5.74, 6) is 0.139. The number of carbonyl (C=O) groups excluding carboxylic acids is 1. The van der Waals surface area contributed by atoms with Crippen LogP contribution in [0.4, 0.5) is 10.5 Å². The molecular weight excluding hydrogens is 450 g/mol. The summed E-state index contributed by atoms with van der Waals surface area (Å²) in [6.45, 7) is 12.7. The molecule has 1 aromatic heterocycles. The van der Waals surface area contributed by atoms with Gasteiger partial charge in [0.15, 0.2) is 0 Å². The Labute approximate surface area is 176 Å². The number of pyridine rings is 1. The Morgan fingerprint density at radius 3 is 2.39 bits per heavy atom. The van der Waals surface area contributed by atoms with Gasteiger partial charge in [-0.2, -0.15) is 0 Å². The lowest BCUT2D eigenvalue weighted by Gasteiger charge is -2.30. The van der Waals surface area contributed by atoms with Gasteiger partial charge in [0, 0.05) is 16.7 Å². The summed E-state index contributed by atoms with van der Waals surface area (Å²) in [6.07, 6.45) is 1.08. The first-order chi connectivity index (χ1) is 12.7. The van der Waals surface area contributed by atoms with E-state index >= 15 is 0 Å². The second-order valence-electron chi connectivity index (χ2n) is 7.82. The van der Waals surface area contributed by atoms with Crippen molar-refractivity contribution in [2.75, 3.05) is 17.9 Å². The number of ether oxygens (including phenoxy) is 2. The van der Waals surface area contributed by atoms with Gasteiger partial charge in [-0.05, 0) is 70.5 Å². The molecule has 0 aliphatic heterocycles. The molecule has 1 amide bonds. The van der Waals surface area contributed by atoms with Gasteiger partial charge in [0.1, 0.15) is 17.9 Å². The Balaban J connectivity index is 2.87. The van der Waals surface area contributed by atoms with E-state index in [0.717, 1.165) is 0 Å². The summed E-state index contributed by atoms with van der Waals surface area (Å²) < 4.78 is 38.5. The van der Waals surface area contributed by atoms with E-state index < -0.39 is 27.0 Å². The van der Waals surface area contributed by atoms with Crippen molar-refractivity contribution in [2.24, 2.45) is 0 Å². The zero-order chi connectivity index (χ0) is 21.7. The SMILES string of the molecule is CC(C)N(CCOc1ncc(Br)cc1NS(=O)(=O)C(C)C)C(=O)OC(C)(C)C. The number of nitrogens with one attached hydrogen (secondary N) is 1. The number of halogens is 1. The molecule has 0 atom stereocenters. The molecule has 0 aliphatic rings. The Morgan fingerprint density at radius 1 is 1.29 bits per heavy atom. The number of amides is 1. The number of nitrogens with zero attached hydrogens (tertiary/aromatic N) is 2. The molecule has 10 heteroatoms. The van der Waals surface area contributed by atoms with Gasteiger partial charge in [-0.15, -0.1) is 0 Å². The standard InChI is InChI=1S/C18H30BrN3O5S/c1-12(2)22(17(23)27-18(5,6)7)8-9-26-16-15(10-14(19)11-20-16)21-28(24,25)13(3)4/h10-13,21H,8-9H2,1-7H3. The molecule has 1 heterocycles. The zero-order valence-electron chi connectivity index (χ0n) is 17.4. The molecule has 1 N–H and O–H groups in total. The maximum atomic E-state index is 12.4. The maximum absolute atomic E-state index is 12.4. The van der Waals surface area contributed by atoms with Gasteiger partial charge < -0.3 is 14.4 Å². The van der Waals surface area contributed by atoms with Crippen LogP contribution in [0.15, 0.2) is 16.7 Å². The van der Waals surface area contributed by atoms with Crippen molar-refractivity contribution in [2.45, 2.75) is 65.4 Å². The van der Waals surface area contributed by atoms with Gasteiger partial charge >= 0.3 is 6.09 Å². The first kappa shape index (κ1) is 24.5. The number of anilines is 1. The van der Waals surface area contributed by atoms with Crippen molar-refractivity contribution in [3.8, 4) is 5.88 Å². The normalized spacial score (nSPS) is 12.2. The number of hydrogen-bond acceptors (Lipinski definition) is 6. The van der Waals surface area contributed by atoms with Crippen molar-refractivity contribution in [1.82, 2.24) is 9.88 Å². The highest BCUT2D eigenvalue weighted by Crippen LogP contribution is 2.27. The van der Waals surface area contributed by atoms with E-state index in [4.69, 9.17) is 9.47 Å². The largest absolute Gasteiger partial charge is 0.474 e. The first-order valence-corrected chi connectivity index (χ1v) is 11.4. The van der Waals surface area contributed by atoms with Crippen molar-refractivity contribution in [1.29, 1.82) is 0 Å². The Kier molecular flexibility index (Phi) is 8.55. The molecule has 0 bridgehead atoms. The van der Waals surface area contributed by atoms with Crippen molar-refractivity contribution in [3.63, 3.8) is 0 Å². The van der Waals surface area contributed by atoms with Gasteiger partial charge in [0.05, 0.1) is 11.8 Å². The van der Waals surface area contributed by atoms with Gasteiger partial charge in [-0.25, -0.2) is 18.2 Å². The molecule has 0 fully saturated rings. The van der Waals surface area contributed by atoms with E-state index in [-0.39, 0.29) is 30.8 Å². The highest BCUT2D eigenvalue weighted by Gasteiger charge is 2.24. The smallest absolute Gasteiger partial charge is 0.410 e. The summed E-state index contributed by atoms with van der Waals surface area (Å²) in [6, 6.07) is 1.49. The summed E-state index contributed by atoms with van der Waals surface area (Å²) in [5, 5.41) is -0.608. The van der Waals surface area contributed by atoms with Crippen LogP contribution in [0.5, 0.6) is 5.88 Å². The van der Waals surface area contributed by atoms with Crippen LogP contribution >= 0.6 is 15.9 Å². The lowest BCUT2D eigenvalue weighted by Crippen LogP contribution is -2.43. The summed E-state index contributed by atoms with van der Waals surface area (Å²) in [7, 11) is -3.55. The maximum Gasteiger partial charge on any atom is 0.410 e. The topological polar surface area (TPSA) is 97.8 Å². The van der Waals surface area contributed by atoms with E-state index in [2.05, 4.69) is 25.6 Å². The molecule has 0 aliphatic carbocycles. The van der Waals surface area contributed by atoms with Crippen LogP contribution in [0, 0.1) is 0 Å². The Hall–Kier alpha value is -1.55. The number of carbonyl (C=O) groups is 1. The van der Waals surface area contributed by atoms with Crippen LogP contribution in [0.25, 0.3) is 0 Å². The average molecular weight is 480 g/mol. The molecule has 0 saturated carbocycles. The van der Waals surface area contributed by atoms with Gasteiger partial charge in [0.2, 0.25) is 15.9 Å². The number of sulfonamides is 1. The molecule has 0 saturated heterocycles. The molecule has 0 aromatic carbocycles. The fourth-order valence-corrected chi connectivity index (χ4v) is 3.03. The second kappa shape index (κ2) is 9.78. The molecule has 0 unspecified atom stereocenters. The third kappa shape index (κ3) is 7.83. The van der Waals surface area contributed by atoms with Gasteiger partial charge in [-0.1, -0.05) is 0 Å². The third-order valence-electron chi connectivity index (χ3n) is 3.51. The van der Waals surface area contributed by atoms with Crippen LogP contribution in [-0.4, -0.2) is 54.4 Å². The minimum atomic E-state index is -3.55. The molecule has 1 rings (SSSR count). The summed E-state index contributed by atoms with van der Waals surface area (Å²) in [4.78, 5) is 18.0. The number of hydrogen-bond donors (Lipinski definition) is 1. The Morgan fingerprint density at radius 2 is 1.89 bits per heavy atom. The molecule has 1 aromatic rings. The molecular formula is C18H30BrN3O5S. The fraction of sp³-hybridized carbons (Fsp3) is 0.667. The predicted octanol–water partition coefficient (Wildman–Crippen LogP) is 4.02. The lowest BCUT2D eigenvalue weighted by molar-refractivity contribution is 0.0163. The van der Waals surface area contributed by atoms with E-state index in [9.17, 15) is 13.2 Å². The predicted molar refractivity (Wildman–Crippen MR) is 113 cm³/mol. The summed E-state index contributed by atoms with van der Waals surface area (Å²) in [5.41, 5.74) is -0.364. The molecule has 0 radical (unpaired) electrons. The quantitative estimate of drug-likeness (QED) is 0.604. The molecule has 8 nitrogen and oxygen atoms in total. The number of rotatable bonds is 8. The fourth-order valence-electron chi connectivity index (χ4n) is 2.01. The van der Waals surface area contributed by atoms with Crippen molar-refractivity contribution in [3.05, 3.63) is 16.7 Å². The second-order valence-corrected chi connectivity index (χ2v) is 11.0. The van der Waals surface area contributed by atoms with E-state index in [1.54, 1.807) is 45.6 Å². The minimum Gasteiger partial charge on any atom is -0.474 e. The Bertz CT molecular complexity index is 776. The van der Waals surface area contributed by atoms with E-state index in [1.165, 1.54) is 6.20 Å². The highest BCUT2D eigenvalue weighted by atomic mass is 79.9. The van der Waals surface area contributed by atoms with Gasteiger partial charge in [-0.3, -0.25) is 4.72 Å². The molecule has 160 valence electrons. The zero-order valence-corrected chi connectivity index (χ0v) is 19.8. The first-order valence-electron chi connectivity index (χ1n) is 9.02. The highest BCUT2D eigenvalue weighted by molar-refractivity contribution is 9.10. The van der Waals surface area contributed by atoms with Crippen molar-refractivity contribution >= 4 is 37.7 Å². The lowest BCUT2D eigenvalue weighted by atomic mass is 10.2. The van der Waals surface area contributed by atoms with Gasteiger partial charge in [0.25, 0.3) is 0 Å². The van der Waals surface area contributed by atoms with Crippen LogP contribution < -0.4 is 9.46 Å². The van der Waals surface area contributed by atoms with E-state index in [1.807, 2.05) is 13.8 Å².